The van der Waals surface area contributed by atoms with E-state index in [2.05, 4.69) is 39.8 Å². The topological polar surface area (TPSA) is 97.7 Å². The number of tetrazole rings is 1. The monoisotopic (exact) mass is 500 g/mol. The molecule has 0 radical (unpaired) electrons. The van der Waals surface area contributed by atoms with Gasteiger partial charge in [0.25, 0.3) is 5.91 Å². The lowest BCUT2D eigenvalue weighted by Crippen LogP contribution is -2.29. The zero-order valence-electron chi connectivity index (χ0n) is 19.0. The van der Waals surface area contributed by atoms with E-state index in [0.29, 0.717) is 52.7 Å². The van der Waals surface area contributed by atoms with Crippen molar-refractivity contribution in [1.29, 1.82) is 0 Å². The zero-order valence-corrected chi connectivity index (χ0v) is 20.5. The molecular formula is C24H26Cl2N6O2. The van der Waals surface area contributed by atoms with Crippen LogP contribution in [-0.4, -0.2) is 37.6 Å². The number of amides is 1. The molecule has 2 heterocycles. The Bertz CT molecular complexity index is 1250. The minimum absolute atomic E-state index is 0.102. The minimum atomic E-state index is -0.102. The molecule has 0 spiro atoms. The molecule has 0 unspecified atom stereocenters. The van der Waals surface area contributed by atoms with Crippen molar-refractivity contribution >= 4 is 40.0 Å². The molecule has 1 amide bonds. The SMILES string of the molecule is CC(C)CNC(=O)c1cc2cc(OCc3c(Cl)cccc3Cl)ccc2n1CCCc1nn[nH]n1. The molecule has 0 atom stereocenters. The van der Waals surface area contributed by atoms with Crippen LogP contribution in [0.5, 0.6) is 5.75 Å². The summed E-state index contributed by atoms with van der Waals surface area (Å²) in [6.45, 7) is 5.62. The number of aromatic nitrogens is 5. The van der Waals surface area contributed by atoms with E-state index in [1.54, 1.807) is 18.2 Å². The standard InChI is InChI=1S/C24H26Cl2N6O2/c1-15(2)13-27-24(33)22-12-16-11-17(34-14-18-19(25)5-3-6-20(18)26)8-9-21(16)32(22)10-4-7-23-28-30-31-29-23/h3,5-6,8-9,11-12,15H,4,7,10,13-14H2,1-2H3,(H,27,33)(H,28,29,30,31). The van der Waals surface area contributed by atoms with Crippen molar-refractivity contribution in [2.75, 3.05) is 6.54 Å². The van der Waals surface area contributed by atoms with Gasteiger partial charge in [0.15, 0.2) is 5.82 Å². The van der Waals surface area contributed by atoms with E-state index in [9.17, 15) is 4.79 Å². The predicted octanol–water partition coefficient (Wildman–Crippen LogP) is 5.06. The Morgan fingerprint density at radius 1 is 1.18 bits per heavy atom. The maximum absolute atomic E-state index is 13.0. The molecule has 2 aromatic carbocycles. The average molecular weight is 501 g/mol. The summed E-state index contributed by atoms with van der Waals surface area (Å²) in [5.41, 5.74) is 2.29. The zero-order chi connectivity index (χ0) is 24.1. The van der Waals surface area contributed by atoms with Crippen LogP contribution in [0.3, 0.4) is 0 Å². The number of rotatable bonds is 10. The van der Waals surface area contributed by atoms with Gasteiger partial charge >= 0.3 is 0 Å². The van der Waals surface area contributed by atoms with Gasteiger partial charge in [-0.05, 0) is 48.7 Å². The van der Waals surface area contributed by atoms with E-state index in [1.807, 2.05) is 28.8 Å². The number of benzene rings is 2. The lowest BCUT2D eigenvalue weighted by Gasteiger charge is -2.12. The van der Waals surface area contributed by atoms with Gasteiger partial charge in [-0.15, -0.1) is 10.2 Å². The molecule has 0 aliphatic rings. The maximum atomic E-state index is 13.0. The first-order valence-electron chi connectivity index (χ1n) is 11.1. The molecule has 2 aromatic heterocycles. The number of carbonyl (C=O) groups is 1. The maximum Gasteiger partial charge on any atom is 0.267 e. The number of H-pyrrole nitrogens is 1. The van der Waals surface area contributed by atoms with Crippen LogP contribution in [0.15, 0.2) is 42.5 Å². The number of aromatic amines is 1. The van der Waals surface area contributed by atoms with Gasteiger partial charge in [-0.3, -0.25) is 4.79 Å². The van der Waals surface area contributed by atoms with Crippen LogP contribution in [0.4, 0.5) is 0 Å². The van der Waals surface area contributed by atoms with E-state index >= 15 is 0 Å². The third-order valence-corrected chi connectivity index (χ3v) is 6.10. The highest BCUT2D eigenvalue weighted by Crippen LogP contribution is 2.29. The van der Waals surface area contributed by atoms with Crippen molar-refractivity contribution in [3.63, 3.8) is 0 Å². The van der Waals surface area contributed by atoms with E-state index in [4.69, 9.17) is 27.9 Å². The molecule has 0 fully saturated rings. The van der Waals surface area contributed by atoms with Crippen LogP contribution >= 0.6 is 23.2 Å². The average Bonchev–Trinajstić information content (AvgIpc) is 3.45. The highest BCUT2D eigenvalue weighted by Gasteiger charge is 2.17. The molecule has 0 saturated carbocycles. The van der Waals surface area contributed by atoms with Gasteiger partial charge in [0.1, 0.15) is 18.1 Å². The Morgan fingerprint density at radius 2 is 1.97 bits per heavy atom. The largest absolute Gasteiger partial charge is 0.489 e. The summed E-state index contributed by atoms with van der Waals surface area (Å²) < 4.78 is 8.00. The number of hydrogen-bond donors (Lipinski definition) is 2. The van der Waals surface area contributed by atoms with Crippen molar-refractivity contribution in [1.82, 2.24) is 30.5 Å². The summed E-state index contributed by atoms with van der Waals surface area (Å²) in [4.78, 5) is 13.0. The second-order valence-corrected chi connectivity index (χ2v) is 9.24. The van der Waals surface area contributed by atoms with Crippen LogP contribution in [0.1, 0.15) is 42.1 Å². The Labute approximate surface area is 207 Å². The highest BCUT2D eigenvalue weighted by molar-refractivity contribution is 6.35. The van der Waals surface area contributed by atoms with Gasteiger partial charge in [0, 0.05) is 46.0 Å². The Hall–Kier alpha value is -3.10. The number of halogens is 2. The Morgan fingerprint density at radius 3 is 2.68 bits per heavy atom. The number of carbonyl (C=O) groups excluding carboxylic acids is 1. The third kappa shape index (κ3) is 5.69. The van der Waals surface area contributed by atoms with Crippen LogP contribution in [-0.2, 0) is 19.6 Å². The van der Waals surface area contributed by atoms with Gasteiger partial charge in [-0.25, -0.2) is 0 Å². The van der Waals surface area contributed by atoms with Crippen molar-refractivity contribution in [3.8, 4) is 5.75 Å². The Kier molecular flexibility index (Phi) is 7.70. The lowest BCUT2D eigenvalue weighted by atomic mass is 10.2. The molecule has 34 heavy (non-hydrogen) atoms. The predicted molar refractivity (Wildman–Crippen MR) is 132 cm³/mol. The van der Waals surface area contributed by atoms with Crippen LogP contribution in [0.25, 0.3) is 10.9 Å². The number of fused-ring (bicyclic) bond motifs is 1. The molecule has 4 aromatic rings. The summed E-state index contributed by atoms with van der Waals surface area (Å²) in [5, 5.41) is 19.1. The summed E-state index contributed by atoms with van der Waals surface area (Å²) in [5.74, 6) is 1.57. The Balaban J connectivity index is 1.57. The van der Waals surface area contributed by atoms with Gasteiger partial charge in [0.2, 0.25) is 0 Å². The normalized spacial score (nSPS) is 11.3. The van der Waals surface area contributed by atoms with Crippen LogP contribution < -0.4 is 10.1 Å². The second kappa shape index (κ2) is 10.9. The fourth-order valence-corrected chi connectivity index (χ4v) is 4.17. The number of aryl methyl sites for hydroxylation is 2. The molecule has 8 nitrogen and oxygen atoms in total. The molecule has 0 bridgehead atoms. The fourth-order valence-electron chi connectivity index (χ4n) is 3.66. The van der Waals surface area contributed by atoms with E-state index in [1.165, 1.54) is 0 Å². The first-order valence-corrected chi connectivity index (χ1v) is 11.9. The number of nitrogens with zero attached hydrogens (tertiary/aromatic N) is 4. The quantitative estimate of drug-likeness (QED) is 0.317. The summed E-state index contributed by atoms with van der Waals surface area (Å²) in [7, 11) is 0. The fraction of sp³-hybridized carbons (Fsp3) is 0.333. The van der Waals surface area contributed by atoms with Gasteiger partial charge < -0.3 is 14.6 Å². The molecule has 0 saturated heterocycles. The van der Waals surface area contributed by atoms with E-state index in [-0.39, 0.29) is 12.5 Å². The van der Waals surface area contributed by atoms with Gasteiger partial charge in [-0.1, -0.05) is 48.3 Å². The van der Waals surface area contributed by atoms with E-state index < -0.39 is 0 Å². The highest BCUT2D eigenvalue weighted by atomic mass is 35.5. The van der Waals surface area contributed by atoms with Gasteiger partial charge in [0.05, 0.1) is 0 Å². The molecule has 178 valence electrons. The summed E-state index contributed by atoms with van der Waals surface area (Å²) in [6, 6.07) is 13.0. The lowest BCUT2D eigenvalue weighted by molar-refractivity contribution is 0.0940. The molecule has 2 N–H and O–H groups in total. The summed E-state index contributed by atoms with van der Waals surface area (Å²) >= 11 is 12.5. The van der Waals surface area contributed by atoms with Gasteiger partial charge in [-0.2, -0.15) is 5.21 Å². The van der Waals surface area contributed by atoms with Crippen LogP contribution in [0.2, 0.25) is 10.0 Å². The number of hydrogen-bond acceptors (Lipinski definition) is 5. The van der Waals surface area contributed by atoms with Crippen molar-refractivity contribution in [2.24, 2.45) is 5.92 Å². The smallest absolute Gasteiger partial charge is 0.267 e. The second-order valence-electron chi connectivity index (χ2n) is 8.43. The molecular weight excluding hydrogens is 475 g/mol. The molecule has 10 heteroatoms. The van der Waals surface area contributed by atoms with Crippen molar-refractivity contribution in [2.45, 2.75) is 39.8 Å². The van der Waals surface area contributed by atoms with E-state index in [0.717, 1.165) is 22.9 Å². The minimum Gasteiger partial charge on any atom is -0.489 e. The number of nitrogens with one attached hydrogen (secondary N) is 2. The first kappa shape index (κ1) is 24.0. The van der Waals surface area contributed by atoms with Crippen molar-refractivity contribution in [3.05, 3.63) is 69.6 Å². The van der Waals surface area contributed by atoms with Crippen molar-refractivity contribution < 1.29 is 9.53 Å². The molecule has 0 aliphatic heterocycles. The third-order valence-electron chi connectivity index (χ3n) is 5.39. The molecule has 0 aliphatic carbocycles. The van der Waals surface area contributed by atoms with Crippen LogP contribution in [0, 0.1) is 5.92 Å². The number of ether oxygens (including phenoxy) is 1. The first-order chi connectivity index (χ1) is 16.4. The summed E-state index contributed by atoms with van der Waals surface area (Å²) in [6.07, 6.45) is 1.42. The molecule has 4 rings (SSSR count).